The van der Waals surface area contributed by atoms with Gasteiger partial charge in [-0.05, 0) is 12.1 Å². The van der Waals surface area contributed by atoms with E-state index in [1.54, 1.807) is 12.1 Å². The van der Waals surface area contributed by atoms with E-state index in [0.29, 0.717) is 46.6 Å². The molecule has 0 radical (unpaired) electrons. The lowest BCUT2D eigenvalue weighted by Crippen LogP contribution is -1.93. The molecule has 0 saturated carbocycles. The molecule has 0 aliphatic rings. The summed E-state index contributed by atoms with van der Waals surface area (Å²) in [4.78, 5) is 4.21. The molecule has 0 spiro atoms. The highest BCUT2D eigenvalue weighted by atomic mass is 35.5. The van der Waals surface area contributed by atoms with Crippen molar-refractivity contribution in [3.63, 3.8) is 0 Å². The second kappa shape index (κ2) is 6.26. The lowest BCUT2D eigenvalue weighted by atomic mass is 10.2. The van der Waals surface area contributed by atoms with Crippen molar-refractivity contribution in [3.8, 4) is 29.0 Å². The normalized spacial score (nSPS) is 10.1. The van der Waals surface area contributed by atoms with Crippen molar-refractivity contribution in [2.24, 2.45) is 0 Å². The molecule has 0 bridgehead atoms. The lowest BCUT2D eigenvalue weighted by molar-refractivity contribution is 0.355. The van der Waals surface area contributed by atoms with Gasteiger partial charge in [0.2, 0.25) is 11.7 Å². The zero-order valence-electron chi connectivity index (χ0n) is 11.0. The van der Waals surface area contributed by atoms with Crippen LogP contribution in [0.4, 0.5) is 0 Å². The summed E-state index contributed by atoms with van der Waals surface area (Å²) in [5, 5.41) is 12.8. The number of aryl methyl sites for hydroxylation is 1. The fourth-order valence-corrected chi connectivity index (χ4v) is 1.97. The Morgan fingerprint density at radius 3 is 2.80 bits per heavy atom. The Hall–Kier alpha value is -2.26. The predicted molar refractivity (Wildman–Crippen MR) is 71.8 cm³/mol. The Labute approximate surface area is 120 Å². The smallest absolute Gasteiger partial charge is 0.227 e. The third-order valence-corrected chi connectivity index (χ3v) is 2.89. The molecule has 0 fully saturated rings. The van der Waals surface area contributed by atoms with Gasteiger partial charge in [-0.2, -0.15) is 10.2 Å². The molecule has 0 unspecified atom stereocenters. The maximum atomic E-state index is 8.53. The van der Waals surface area contributed by atoms with Crippen LogP contribution in [0.15, 0.2) is 16.7 Å². The number of halogens is 1. The quantitative estimate of drug-likeness (QED) is 0.843. The Bertz CT molecular complexity index is 649. The molecule has 1 aromatic carbocycles. The van der Waals surface area contributed by atoms with E-state index in [9.17, 15) is 0 Å². The van der Waals surface area contributed by atoms with Gasteiger partial charge in [0.25, 0.3) is 0 Å². The van der Waals surface area contributed by atoms with Crippen molar-refractivity contribution in [3.05, 3.63) is 23.0 Å². The molecular formula is C13H12ClN3O3. The first-order valence-electron chi connectivity index (χ1n) is 5.81. The van der Waals surface area contributed by atoms with Crippen LogP contribution >= 0.6 is 11.6 Å². The van der Waals surface area contributed by atoms with Gasteiger partial charge in [-0.3, -0.25) is 0 Å². The third kappa shape index (κ3) is 2.83. The molecule has 104 valence electrons. The molecule has 2 aromatic rings. The Kier molecular flexibility index (Phi) is 4.43. The monoisotopic (exact) mass is 293 g/mol. The van der Waals surface area contributed by atoms with Gasteiger partial charge in [-0.25, -0.2) is 0 Å². The molecular weight excluding hydrogens is 282 g/mol. The van der Waals surface area contributed by atoms with Gasteiger partial charge in [0.05, 0.1) is 25.3 Å². The van der Waals surface area contributed by atoms with E-state index < -0.39 is 0 Å². The van der Waals surface area contributed by atoms with E-state index in [1.807, 2.05) is 6.07 Å². The molecule has 0 amide bonds. The van der Waals surface area contributed by atoms with Crippen LogP contribution in [0.3, 0.4) is 0 Å². The van der Waals surface area contributed by atoms with E-state index in [1.165, 1.54) is 14.2 Å². The Balaban J connectivity index is 2.35. The number of methoxy groups -OCH3 is 2. The number of nitriles is 1. The number of aromatic nitrogens is 2. The maximum Gasteiger partial charge on any atom is 0.227 e. The number of benzene rings is 1. The van der Waals surface area contributed by atoms with E-state index in [2.05, 4.69) is 10.1 Å². The topological polar surface area (TPSA) is 81.2 Å². The van der Waals surface area contributed by atoms with E-state index in [0.717, 1.165) is 0 Å². The fourth-order valence-electron chi connectivity index (χ4n) is 1.68. The van der Waals surface area contributed by atoms with Crippen LogP contribution in [0.5, 0.6) is 11.5 Å². The first kappa shape index (κ1) is 14.2. The highest BCUT2D eigenvalue weighted by molar-refractivity contribution is 6.32. The van der Waals surface area contributed by atoms with Crippen molar-refractivity contribution in [2.45, 2.75) is 12.8 Å². The summed E-state index contributed by atoms with van der Waals surface area (Å²) >= 11 is 6.12. The van der Waals surface area contributed by atoms with Gasteiger partial charge in [0.1, 0.15) is 0 Å². The van der Waals surface area contributed by atoms with Crippen molar-refractivity contribution < 1.29 is 14.0 Å². The number of nitrogens with zero attached hydrogens (tertiary/aromatic N) is 3. The Morgan fingerprint density at radius 1 is 1.35 bits per heavy atom. The van der Waals surface area contributed by atoms with Crippen LogP contribution < -0.4 is 9.47 Å². The zero-order chi connectivity index (χ0) is 14.5. The molecule has 20 heavy (non-hydrogen) atoms. The SMILES string of the molecule is COc1cc(-c2noc(CCC#N)n2)cc(Cl)c1OC. The molecule has 0 aliphatic heterocycles. The summed E-state index contributed by atoms with van der Waals surface area (Å²) < 4.78 is 15.4. The van der Waals surface area contributed by atoms with Crippen molar-refractivity contribution in [2.75, 3.05) is 14.2 Å². The van der Waals surface area contributed by atoms with E-state index >= 15 is 0 Å². The number of hydrogen-bond donors (Lipinski definition) is 0. The molecule has 6 nitrogen and oxygen atoms in total. The van der Waals surface area contributed by atoms with E-state index in [-0.39, 0.29) is 0 Å². The Morgan fingerprint density at radius 2 is 2.15 bits per heavy atom. The molecule has 1 aromatic heterocycles. The van der Waals surface area contributed by atoms with Crippen molar-refractivity contribution in [1.82, 2.24) is 10.1 Å². The van der Waals surface area contributed by atoms with Crippen molar-refractivity contribution in [1.29, 1.82) is 5.26 Å². The predicted octanol–water partition coefficient (Wildman–Crippen LogP) is 2.86. The average Bonchev–Trinajstić information content (AvgIpc) is 2.93. The number of hydrogen-bond acceptors (Lipinski definition) is 6. The molecule has 0 saturated heterocycles. The highest BCUT2D eigenvalue weighted by Crippen LogP contribution is 2.38. The minimum atomic E-state index is 0.328. The first-order valence-corrected chi connectivity index (χ1v) is 6.18. The largest absolute Gasteiger partial charge is 0.493 e. The summed E-state index contributed by atoms with van der Waals surface area (Å²) in [5.74, 6) is 1.73. The highest BCUT2D eigenvalue weighted by Gasteiger charge is 2.15. The van der Waals surface area contributed by atoms with Crippen LogP contribution in [0.1, 0.15) is 12.3 Å². The maximum absolute atomic E-state index is 8.53. The first-order chi connectivity index (χ1) is 9.69. The summed E-state index contributed by atoms with van der Waals surface area (Å²) in [7, 11) is 3.03. The molecule has 0 atom stereocenters. The molecule has 0 N–H and O–H groups in total. The average molecular weight is 294 g/mol. The van der Waals surface area contributed by atoms with Gasteiger partial charge in [-0.15, -0.1) is 0 Å². The minimum Gasteiger partial charge on any atom is -0.493 e. The standard InChI is InChI=1S/C13H12ClN3O3/c1-18-10-7-8(6-9(14)12(10)19-2)13-16-11(20-17-13)4-3-5-15/h6-7H,3-4H2,1-2H3. The second-order valence-corrected chi connectivity index (χ2v) is 4.27. The van der Waals surface area contributed by atoms with Crippen molar-refractivity contribution >= 4 is 11.6 Å². The van der Waals surface area contributed by atoms with Gasteiger partial charge in [0.15, 0.2) is 11.5 Å². The van der Waals surface area contributed by atoms with Crippen LogP contribution in [-0.4, -0.2) is 24.4 Å². The zero-order valence-corrected chi connectivity index (χ0v) is 11.8. The summed E-state index contributed by atoms with van der Waals surface area (Å²) in [6, 6.07) is 5.40. The minimum absolute atomic E-state index is 0.328. The van der Waals surface area contributed by atoms with Gasteiger partial charge in [0, 0.05) is 18.4 Å². The summed E-state index contributed by atoms with van der Waals surface area (Å²) in [5.41, 5.74) is 0.652. The van der Waals surface area contributed by atoms with Gasteiger partial charge < -0.3 is 14.0 Å². The molecule has 0 aliphatic carbocycles. The number of ether oxygens (including phenoxy) is 2. The fraction of sp³-hybridized carbons (Fsp3) is 0.308. The summed E-state index contributed by atoms with van der Waals surface area (Å²) in [6.07, 6.45) is 0.749. The van der Waals surface area contributed by atoms with Crippen LogP contribution in [-0.2, 0) is 6.42 Å². The second-order valence-electron chi connectivity index (χ2n) is 3.86. The third-order valence-electron chi connectivity index (χ3n) is 2.61. The number of rotatable bonds is 5. The van der Waals surface area contributed by atoms with Crippen LogP contribution in [0.2, 0.25) is 5.02 Å². The molecule has 1 heterocycles. The summed E-state index contributed by atoms with van der Waals surface area (Å²) in [6.45, 7) is 0. The lowest BCUT2D eigenvalue weighted by Gasteiger charge is -2.10. The van der Waals surface area contributed by atoms with Crippen LogP contribution in [0, 0.1) is 11.3 Å². The molecule has 7 heteroatoms. The van der Waals surface area contributed by atoms with Gasteiger partial charge >= 0.3 is 0 Å². The van der Waals surface area contributed by atoms with Gasteiger partial charge in [-0.1, -0.05) is 16.8 Å². The van der Waals surface area contributed by atoms with E-state index in [4.69, 9.17) is 30.9 Å². The van der Waals surface area contributed by atoms with Crippen LogP contribution in [0.25, 0.3) is 11.4 Å². The molecule has 2 rings (SSSR count).